The van der Waals surface area contributed by atoms with Crippen molar-refractivity contribution in [3.63, 3.8) is 0 Å². The van der Waals surface area contributed by atoms with E-state index in [4.69, 9.17) is 0 Å². The number of carbonyl (C=O) groups is 3. The summed E-state index contributed by atoms with van der Waals surface area (Å²) in [5.74, 6) is -2.54. The molecule has 0 aliphatic carbocycles. The zero-order valence-corrected chi connectivity index (χ0v) is 14.0. The van der Waals surface area contributed by atoms with E-state index in [0.29, 0.717) is 12.0 Å². The van der Waals surface area contributed by atoms with Gasteiger partial charge in [-0.1, -0.05) is 43.7 Å². The van der Waals surface area contributed by atoms with Gasteiger partial charge in [-0.25, -0.2) is 9.59 Å². The van der Waals surface area contributed by atoms with Crippen LogP contribution in [0.5, 0.6) is 0 Å². The van der Waals surface area contributed by atoms with Crippen LogP contribution in [0.2, 0.25) is 0 Å². The van der Waals surface area contributed by atoms with Crippen molar-refractivity contribution in [2.24, 2.45) is 0 Å². The highest BCUT2D eigenvalue weighted by molar-refractivity contribution is 6.06. The molecule has 2 aromatic carbocycles. The van der Waals surface area contributed by atoms with Crippen molar-refractivity contribution in [1.82, 2.24) is 0 Å². The highest BCUT2D eigenvalue weighted by Crippen LogP contribution is 2.18. The topological polar surface area (TPSA) is 91.7 Å². The minimum atomic E-state index is -1.16. The maximum absolute atomic E-state index is 12.5. The molecule has 0 aliphatic rings. The third kappa shape index (κ3) is 4.53. The Morgan fingerprint density at radius 1 is 0.880 bits per heavy atom. The molecular weight excluding hydrogens is 320 g/mol. The Labute approximate surface area is 145 Å². The minimum absolute atomic E-state index is 0.0430. The molecule has 0 heterocycles. The van der Waals surface area contributed by atoms with Crippen molar-refractivity contribution >= 4 is 17.7 Å². The van der Waals surface area contributed by atoms with E-state index in [2.05, 4.69) is 0 Å². The summed E-state index contributed by atoms with van der Waals surface area (Å²) in [5.41, 5.74) is 1.58. The van der Waals surface area contributed by atoms with Crippen LogP contribution in [-0.2, 0) is 12.8 Å². The van der Waals surface area contributed by atoms with Gasteiger partial charge in [0.2, 0.25) is 0 Å². The zero-order chi connectivity index (χ0) is 18.4. The van der Waals surface area contributed by atoms with Crippen LogP contribution in [0.15, 0.2) is 42.5 Å². The smallest absolute Gasteiger partial charge is 0.336 e. The number of ketones is 1. The predicted molar refractivity (Wildman–Crippen MR) is 93.4 cm³/mol. The van der Waals surface area contributed by atoms with Gasteiger partial charge in [0.25, 0.3) is 0 Å². The Kier molecular flexibility index (Phi) is 6.06. The summed E-state index contributed by atoms with van der Waals surface area (Å²) in [6, 6.07) is 11.0. The average molecular weight is 340 g/mol. The normalized spacial score (nSPS) is 10.4. The highest BCUT2D eigenvalue weighted by Gasteiger charge is 2.17. The van der Waals surface area contributed by atoms with Gasteiger partial charge in [0.05, 0.1) is 11.1 Å². The molecule has 0 saturated carbocycles. The summed E-state index contributed by atoms with van der Waals surface area (Å²) in [6.45, 7) is 2.04. The van der Waals surface area contributed by atoms with Gasteiger partial charge in [0.1, 0.15) is 0 Å². The molecule has 0 spiro atoms. The summed E-state index contributed by atoms with van der Waals surface area (Å²) in [6.07, 6.45) is 2.49. The molecule has 2 N–H and O–H groups in total. The van der Waals surface area contributed by atoms with E-state index >= 15 is 0 Å². The monoisotopic (exact) mass is 340 g/mol. The molecule has 0 bridgehead atoms. The fourth-order valence-electron chi connectivity index (χ4n) is 2.71. The molecule has 0 aliphatic heterocycles. The van der Waals surface area contributed by atoms with E-state index in [9.17, 15) is 24.6 Å². The van der Waals surface area contributed by atoms with E-state index in [-0.39, 0.29) is 28.9 Å². The lowest BCUT2D eigenvalue weighted by Crippen LogP contribution is -2.11. The second kappa shape index (κ2) is 8.24. The van der Waals surface area contributed by atoms with Gasteiger partial charge in [0.15, 0.2) is 5.78 Å². The largest absolute Gasteiger partial charge is 0.478 e. The van der Waals surface area contributed by atoms with Gasteiger partial charge in [-0.3, -0.25) is 4.79 Å². The Balaban J connectivity index is 2.28. The Bertz CT molecular complexity index is 807. The van der Waals surface area contributed by atoms with Crippen molar-refractivity contribution < 1.29 is 24.6 Å². The number of carbonyl (C=O) groups excluding carboxylic acids is 1. The number of rotatable bonds is 8. The first-order chi connectivity index (χ1) is 11.9. The van der Waals surface area contributed by atoms with Crippen LogP contribution in [0.25, 0.3) is 0 Å². The fourth-order valence-corrected chi connectivity index (χ4v) is 2.71. The van der Waals surface area contributed by atoms with Crippen LogP contribution in [0.4, 0.5) is 0 Å². The van der Waals surface area contributed by atoms with Crippen LogP contribution in [0.1, 0.15) is 62.0 Å². The number of Topliss-reactive ketones (excluding diaryl/α,β-unsaturated/α-hetero) is 1. The molecule has 0 fully saturated rings. The number of unbranched alkanes of at least 4 members (excludes halogenated alkanes) is 1. The highest BCUT2D eigenvalue weighted by atomic mass is 16.4. The van der Waals surface area contributed by atoms with Gasteiger partial charge in [-0.15, -0.1) is 0 Å². The third-order valence-electron chi connectivity index (χ3n) is 4.03. The third-order valence-corrected chi connectivity index (χ3v) is 4.03. The maximum Gasteiger partial charge on any atom is 0.336 e. The molecule has 5 heteroatoms. The summed E-state index contributed by atoms with van der Waals surface area (Å²) in [4.78, 5) is 35.2. The van der Waals surface area contributed by atoms with E-state index < -0.39 is 11.9 Å². The van der Waals surface area contributed by atoms with E-state index in [1.54, 1.807) is 24.3 Å². The molecule has 0 atom stereocenters. The Morgan fingerprint density at radius 2 is 1.52 bits per heavy atom. The second-order valence-electron chi connectivity index (χ2n) is 5.85. The van der Waals surface area contributed by atoms with Gasteiger partial charge in [-0.05, 0) is 36.1 Å². The summed E-state index contributed by atoms with van der Waals surface area (Å²) in [5, 5.41) is 18.6. The maximum atomic E-state index is 12.5. The van der Waals surface area contributed by atoms with E-state index in [1.165, 1.54) is 18.2 Å². The molecule has 5 nitrogen and oxygen atoms in total. The van der Waals surface area contributed by atoms with Crippen molar-refractivity contribution in [1.29, 1.82) is 0 Å². The van der Waals surface area contributed by atoms with Crippen LogP contribution < -0.4 is 0 Å². The first-order valence-corrected chi connectivity index (χ1v) is 8.14. The number of hydrogen-bond donors (Lipinski definition) is 2. The quantitative estimate of drug-likeness (QED) is 0.712. The van der Waals surface area contributed by atoms with Gasteiger partial charge in [0, 0.05) is 12.0 Å². The van der Waals surface area contributed by atoms with Crippen molar-refractivity contribution in [2.45, 2.75) is 32.6 Å². The van der Waals surface area contributed by atoms with Crippen molar-refractivity contribution in [3.05, 3.63) is 70.3 Å². The average Bonchev–Trinajstić information content (AvgIpc) is 2.60. The molecule has 2 aromatic rings. The van der Waals surface area contributed by atoms with Gasteiger partial charge >= 0.3 is 11.9 Å². The molecule has 0 saturated heterocycles. The summed E-state index contributed by atoms with van der Waals surface area (Å²) in [7, 11) is 0. The fraction of sp³-hybridized carbons (Fsp3) is 0.250. The lowest BCUT2D eigenvalue weighted by Gasteiger charge is -2.09. The van der Waals surface area contributed by atoms with E-state index in [1.807, 2.05) is 6.92 Å². The molecule has 25 heavy (non-hydrogen) atoms. The van der Waals surface area contributed by atoms with Gasteiger partial charge in [-0.2, -0.15) is 0 Å². The lowest BCUT2D eigenvalue weighted by atomic mass is 9.94. The van der Waals surface area contributed by atoms with Crippen LogP contribution in [0, 0.1) is 0 Å². The lowest BCUT2D eigenvalue weighted by molar-refractivity contribution is 0.0684. The number of carboxylic acids is 2. The molecule has 0 radical (unpaired) electrons. The van der Waals surface area contributed by atoms with Crippen molar-refractivity contribution in [3.8, 4) is 0 Å². The van der Waals surface area contributed by atoms with Crippen LogP contribution in [-0.4, -0.2) is 27.9 Å². The van der Waals surface area contributed by atoms with E-state index in [0.717, 1.165) is 18.4 Å². The zero-order valence-electron chi connectivity index (χ0n) is 14.0. The molecule has 0 aromatic heterocycles. The molecule has 0 amide bonds. The number of hydrogen-bond acceptors (Lipinski definition) is 3. The number of aryl methyl sites for hydroxylation is 1. The summed E-state index contributed by atoms with van der Waals surface area (Å²) >= 11 is 0. The molecule has 2 rings (SSSR count). The number of aromatic carboxylic acids is 2. The number of carboxylic acid groups (broad SMARTS) is 2. The minimum Gasteiger partial charge on any atom is -0.478 e. The molecule has 0 unspecified atom stereocenters. The second-order valence-corrected chi connectivity index (χ2v) is 5.85. The first-order valence-electron chi connectivity index (χ1n) is 8.14. The van der Waals surface area contributed by atoms with Crippen molar-refractivity contribution in [2.75, 3.05) is 0 Å². The Morgan fingerprint density at radius 3 is 2.12 bits per heavy atom. The standard InChI is InChI=1S/C20H20O5/c1-2-3-6-14-10-9-13(11-17(14)20(24)25)12-18(21)15-7-4-5-8-16(15)19(22)23/h4-5,7-11H,2-3,6,12H2,1H3,(H,22,23)(H,24,25). The predicted octanol–water partition coefficient (Wildman–Crippen LogP) is 3.85. The SMILES string of the molecule is CCCCc1ccc(CC(=O)c2ccccc2C(=O)O)cc1C(=O)O. The van der Waals surface area contributed by atoms with Crippen LogP contribution in [0.3, 0.4) is 0 Å². The number of benzene rings is 2. The first kappa shape index (κ1) is 18.4. The van der Waals surface area contributed by atoms with Gasteiger partial charge < -0.3 is 10.2 Å². The molecule has 130 valence electrons. The Hall–Kier alpha value is -2.95. The van der Waals surface area contributed by atoms with Crippen LogP contribution >= 0.6 is 0 Å². The summed E-state index contributed by atoms with van der Waals surface area (Å²) < 4.78 is 0. The molecular formula is C20H20O5.